The van der Waals surface area contributed by atoms with E-state index in [-0.39, 0.29) is 5.78 Å². The number of hydrogen-bond acceptors (Lipinski definition) is 5. The third-order valence-electron chi connectivity index (χ3n) is 5.80. The van der Waals surface area contributed by atoms with Gasteiger partial charge in [0.15, 0.2) is 11.2 Å². The Morgan fingerprint density at radius 1 is 1.14 bits per heavy atom. The van der Waals surface area contributed by atoms with Gasteiger partial charge in [-0.15, -0.1) is 11.3 Å². The molecule has 0 spiro atoms. The Morgan fingerprint density at radius 2 is 1.86 bits per heavy atom. The van der Waals surface area contributed by atoms with Crippen LogP contribution in [0.1, 0.15) is 48.7 Å². The first kappa shape index (κ1) is 18.5. The minimum atomic E-state index is -1.35. The zero-order valence-electron chi connectivity index (χ0n) is 16.1. The molecule has 0 saturated carbocycles. The summed E-state index contributed by atoms with van der Waals surface area (Å²) in [6, 6.07) is 15.4. The summed E-state index contributed by atoms with van der Waals surface area (Å²) in [7, 11) is 0. The third kappa shape index (κ3) is 2.44. The maximum absolute atomic E-state index is 13.6. The van der Waals surface area contributed by atoms with Gasteiger partial charge in [-0.2, -0.15) is 10.5 Å². The van der Waals surface area contributed by atoms with Crippen molar-refractivity contribution < 1.29 is 4.79 Å². The number of thiophene rings is 1. The fraction of sp³-hybridized carbons (Fsp3) is 0.348. The van der Waals surface area contributed by atoms with Crippen LogP contribution in [-0.2, 0) is 4.79 Å². The number of rotatable bonds is 2. The minimum Gasteiger partial charge on any atom is -0.357 e. The second-order valence-corrected chi connectivity index (χ2v) is 9.42. The predicted molar refractivity (Wildman–Crippen MR) is 109 cm³/mol. The van der Waals surface area contributed by atoms with Crippen molar-refractivity contribution in [1.82, 2.24) is 4.90 Å². The molecule has 1 saturated heterocycles. The zero-order valence-corrected chi connectivity index (χ0v) is 16.9. The van der Waals surface area contributed by atoms with Gasteiger partial charge in [-0.25, -0.2) is 0 Å². The Hall–Kier alpha value is -2.89. The first-order chi connectivity index (χ1) is 13.3. The second-order valence-electron chi connectivity index (χ2n) is 8.44. The first-order valence-electron chi connectivity index (χ1n) is 9.30. The number of nitriles is 2. The Balaban J connectivity index is 2.01. The van der Waals surface area contributed by atoms with Crippen LogP contribution in [0, 0.1) is 33.5 Å². The Morgan fingerprint density at radius 3 is 2.46 bits per heavy atom. The molecular weight excluding hydrogens is 366 g/mol. The van der Waals surface area contributed by atoms with Crippen LogP contribution in [0.5, 0.6) is 0 Å². The average molecular weight is 388 g/mol. The summed E-state index contributed by atoms with van der Waals surface area (Å²) in [5, 5.41) is 22.6. The van der Waals surface area contributed by atoms with Gasteiger partial charge >= 0.3 is 0 Å². The van der Waals surface area contributed by atoms with Crippen LogP contribution < -0.4 is 0 Å². The molecule has 5 heteroatoms. The van der Waals surface area contributed by atoms with Gasteiger partial charge in [0.2, 0.25) is 0 Å². The van der Waals surface area contributed by atoms with Gasteiger partial charge in [0.25, 0.3) is 0 Å². The average Bonchev–Trinajstić information content (AvgIpc) is 3.30. The van der Waals surface area contributed by atoms with Crippen LogP contribution in [0.15, 0.2) is 48.0 Å². The number of benzene rings is 1. The van der Waals surface area contributed by atoms with E-state index in [1.807, 2.05) is 79.7 Å². The lowest BCUT2D eigenvalue weighted by molar-refractivity contribution is -0.130. The number of ketones is 1. The maximum atomic E-state index is 13.6. The van der Waals surface area contributed by atoms with E-state index >= 15 is 0 Å². The SMILES string of the molecule is CC(C)(C)C(=O)[C@@H]1[C@@H](c2cccs2)C(C#N)(C#N)[C@H]2c3ccccc3C=CN12. The largest absolute Gasteiger partial charge is 0.357 e. The lowest BCUT2D eigenvalue weighted by atomic mass is 9.68. The maximum Gasteiger partial charge on any atom is 0.178 e. The van der Waals surface area contributed by atoms with Crippen LogP contribution >= 0.6 is 11.3 Å². The molecule has 1 fully saturated rings. The van der Waals surface area contributed by atoms with Gasteiger partial charge in [-0.3, -0.25) is 4.79 Å². The molecule has 2 aromatic rings. The van der Waals surface area contributed by atoms with Crippen molar-refractivity contribution in [3.05, 3.63) is 64.0 Å². The summed E-state index contributed by atoms with van der Waals surface area (Å²) in [6.07, 6.45) is 3.88. The third-order valence-corrected chi connectivity index (χ3v) is 6.76. The summed E-state index contributed by atoms with van der Waals surface area (Å²) in [5.41, 5.74) is -0.0142. The molecule has 28 heavy (non-hydrogen) atoms. The van der Waals surface area contributed by atoms with E-state index in [9.17, 15) is 15.3 Å². The van der Waals surface area contributed by atoms with Gasteiger partial charge in [-0.1, -0.05) is 51.1 Å². The lowest BCUT2D eigenvalue weighted by Crippen LogP contribution is -2.43. The monoisotopic (exact) mass is 387 g/mol. The van der Waals surface area contributed by atoms with Gasteiger partial charge in [0, 0.05) is 16.5 Å². The van der Waals surface area contributed by atoms with Crippen LogP contribution in [0.25, 0.3) is 6.08 Å². The quantitative estimate of drug-likeness (QED) is 0.736. The number of hydrogen-bond donors (Lipinski definition) is 0. The topological polar surface area (TPSA) is 67.9 Å². The van der Waals surface area contributed by atoms with Crippen LogP contribution in [0.2, 0.25) is 0 Å². The molecule has 1 aromatic carbocycles. The number of fused-ring (bicyclic) bond motifs is 3. The molecular formula is C23H21N3OS. The molecule has 4 nitrogen and oxygen atoms in total. The van der Waals surface area contributed by atoms with Crippen molar-refractivity contribution >= 4 is 23.2 Å². The fourth-order valence-electron chi connectivity index (χ4n) is 4.51. The molecule has 140 valence electrons. The first-order valence-corrected chi connectivity index (χ1v) is 10.2. The highest BCUT2D eigenvalue weighted by molar-refractivity contribution is 7.10. The summed E-state index contributed by atoms with van der Waals surface area (Å²) in [6.45, 7) is 5.70. The fourth-order valence-corrected chi connectivity index (χ4v) is 5.45. The summed E-state index contributed by atoms with van der Waals surface area (Å²) in [5.74, 6) is -0.456. The summed E-state index contributed by atoms with van der Waals surface area (Å²) < 4.78 is 0. The molecule has 0 aliphatic carbocycles. The van der Waals surface area contributed by atoms with Crippen LogP contribution in [0.3, 0.4) is 0 Å². The second kappa shape index (κ2) is 6.33. The van der Waals surface area contributed by atoms with E-state index in [1.165, 1.54) is 11.3 Å². The summed E-state index contributed by atoms with van der Waals surface area (Å²) >= 11 is 1.51. The number of Topliss-reactive ketones (excluding diaryl/α,β-unsaturated/α-hetero) is 1. The molecule has 0 radical (unpaired) electrons. The molecule has 0 bridgehead atoms. The highest BCUT2D eigenvalue weighted by Gasteiger charge is 2.64. The highest BCUT2D eigenvalue weighted by Crippen LogP contribution is 2.60. The number of nitrogens with zero attached hydrogens (tertiary/aromatic N) is 3. The Bertz CT molecular complexity index is 1020. The molecule has 2 aliphatic rings. The van der Waals surface area contributed by atoms with Crippen molar-refractivity contribution in [3.8, 4) is 12.1 Å². The highest BCUT2D eigenvalue weighted by atomic mass is 32.1. The van der Waals surface area contributed by atoms with Gasteiger partial charge in [0.1, 0.15) is 0 Å². The molecule has 2 aliphatic heterocycles. The van der Waals surface area contributed by atoms with E-state index in [4.69, 9.17) is 0 Å². The molecule has 3 heterocycles. The van der Waals surface area contributed by atoms with E-state index in [2.05, 4.69) is 12.1 Å². The van der Waals surface area contributed by atoms with Gasteiger partial charge in [-0.05, 0) is 28.6 Å². The normalized spacial score (nSPS) is 24.8. The Kier molecular flexibility index (Phi) is 4.17. The van der Waals surface area contributed by atoms with E-state index in [0.29, 0.717) is 0 Å². The van der Waals surface area contributed by atoms with Crippen molar-refractivity contribution in [3.63, 3.8) is 0 Å². The zero-order chi connectivity index (χ0) is 20.1. The molecule has 0 N–H and O–H groups in total. The van der Waals surface area contributed by atoms with Gasteiger partial charge < -0.3 is 4.90 Å². The number of carbonyl (C=O) groups excluding carboxylic acids is 1. The van der Waals surface area contributed by atoms with E-state index < -0.39 is 28.8 Å². The molecule has 0 amide bonds. The predicted octanol–water partition coefficient (Wildman–Crippen LogP) is 4.89. The standard InChI is InChI=1S/C23H21N3OS/c1-22(2,3)21(27)19-18(17-9-6-12-28-17)23(13-24,14-25)20-16-8-5-4-7-15(16)10-11-26(19)20/h4-12,18-20H,1-3H3/t18-,19+,20-/m1/s1. The molecule has 1 aromatic heterocycles. The molecule has 3 atom stereocenters. The van der Waals surface area contributed by atoms with Crippen molar-refractivity contribution in [2.45, 2.75) is 38.8 Å². The van der Waals surface area contributed by atoms with Crippen LogP contribution in [0.4, 0.5) is 0 Å². The molecule has 4 rings (SSSR count). The minimum absolute atomic E-state index is 0.0484. The van der Waals surface area contributed by atoms with Crippen LogP contribution in [-0.4, -0.2) is 16.7 Å². The van der Waals surface area contributed by atoms with E-state index in [1.54, 1.807) is 0 Å². The van der Waals surface area contributed by atoms with Crippen molar-refractivity contribution in [2.75, 3.05) is 0 Å². The smallest absolute Gasteiger partial charge is 0.178 e. The van der Waals surface area contributed by atoms with Gasteiger partial charge in [0.05, 0.1) is 30.1 Å². The lowest BCUT2D eigenvalue weighted by Gasteiger charge is -2.36. The van der Waals surface area contributed by atoms with E-state index in [0.717, 1.165) is 16.0 Å². The molecule has 0 unspecified atom stereocenters. The number of carbonyl (C=O) groups is 1. The van der Waals surface area contributed by atoms with Crippen molar-refractivity contribution in [2.24, 2.45) is 10.8 Å². The summed E-state index contributed by atoms with van der Waals surface area (Å²) in [4.78, 5) is 16.4. The Labute approximate surface area is 169 Å². The van der Waals surface area contributed by atoms with Crippen molar-refractivity contribution in [1.29, 1.82) is 10.5 Å².